The summed E-state index contributed by atoms with van der Waals surface area (Å²) in [5.74, 6) is -1.51. The predicted octanol–water partition coefficient (Wildman–Crippen LogP) is 2.38. The third kappa shape index (κ3) is 2.44. The quantitative estimate of drug-likeness (QED) is 0.849. The van der Waals surface area contributed by atoms with E-state index in [0.29, 0.717) is 5.69 Å². The van der Waals surface area contributed by atoms with Crippen LogP contribution in [0.2, 0.25) is 0 Å². The van der Waals surface area contributed by atoms with Crippen LogP contribution in [0.3, 0.4) is 0 Å². The molecule has 0 aromatic heterocycles. The van der Waals surface area contributed by atoms with Crippen molar-refractivity contribution in [3.63, 3.8) is 0 Å². The molecule has 1 unspecified atom stereocenters. The van der Waals surface area contributed by atoms with Crippen molar-refractivity contribution in [2.45, 2.75) is 32.6 Å². The van der Waals surface area contributed by atoms with Gasteiger partial charge in [0.2, 0.25) is 11.8 Å². The van der Waals surface area contributed by atoms with Crippen LogP contribution in [0, 0.1) is 18.8 Å². The molecular formula is C16H18N2O3. The minimum atomic E-state index is -0.731. The van der Waals surface area contributed by atoms with E-state index in [1.807, 2.05) is 13.0 Å². The summed E-state index contributed by atoms with van der Waals surface area (Å²) in [5.41, 5.74) is 1.48. The van der Waals surface area contributed by atoms with E-state index in [-0.39, 0.29) is 11.8 Å². The van der Waals surface area contributed by atoms with Crippen LogP contribution in [-0.2, 0) is 9.59 Å². The van der Waals surface area contributed by atoms with Crippen LogP contribution in [0.25, 0.3) is 0 Å². The normalized spacial score (nSPS) is 23.6. The van der Waals surface area contributed by atoms with Gasteiger partial charge in [-0.05, 0) is 43.4 Å². The second kappa shape index (κ2) is 5.31. The number of aryl methyl sites for hydroxylation is 1. The molecule has 2 aliphatic rings. The van der Waals surface area contributed by atoms with E-state index in [1.54, 1.807) is 18.2 Å². The summed E-state index contributed by atoms with van der Waals surface area (Å²) < 4.78 is 0. The first kappa shape index (κ1) is 13.8. The fourth-order valence-electron chi connectivity index (χ4n) is 3.31. The SMILES string of the molecule is Cc1cccc(N2C(=O)NC(=O)C(C3CCCC3)C2=O)c1. The molecule has 3 rings (SSSR count). The number of imide groups is 2. The number of carbonyl (C=O) groups is 3. The monoisotopic (exact) mass is 286 g/mol. The topological polar surface area (TPSA) is 66.5 Å². The molecule has 1 aromatic carbocycles. The summed E-state index contributed by atoms with van der Waals surface area (Å²) in [5, 5.41) is 2.33. The lowest BCUT2D eigenvalue weighted by atomic mass is 9.87. The highest BCUT2D eigenvalue weighted by atomic mass is 16.2. The maximum absolute atomic E-state index is 12.7. The molecule has 110 valence electrons. The van der Waals surface area contributed by atoms with Gasteiger partial charge in [0.1, 0.15) is 5.92 Å². The van der Waals surface area contributed by atoms with Crippen LogP contribution in [-0.4, -0.2) is 17.8 Å². The van der Waals surface area contributed by atoms with Crippen molar-refractivity contribution in [1.29, 1.82) is 0 Å². The Bertz CT molecular complexity index is 605. The van der Waals surface area contributed by atoms with Crippen LogP contribution in [0.1, 0.15) is 31.2 Å². The average Bonchev–Trinajstić information content (AvgIpc) is 2.92. The van der Waals surface area contributed by atoms with E-state index in [4.69, 9.17) is 0 Å². The van der Waals surface area contributed by atoms with Gasteiger partial charge in [0, 0.05) is 0 Å². The Balaban J connectivity index is 1.94. The van der Waals surface area contributed by atoms with E-state index in [9.17, 15) is 14.4 Å². The van der Waals surface area contributed by atoms with Gasteiger partial charge in [0.05, 0.1) is 5.69 Å². The van der Waals surface area contributed by atoms with E-state index in [0.717, 1.165) is 36.1 Å². The molecule has 0 spiro atoms. The molecule has 1 aliphatic carbocycles. The van der Waals surface area contributed by atoms with Gasteiger partial charge >= 0.3 is 6.03 Å². The second-order valence-electron chi connectivity index (χ2n) is 5.83. The molecule has 1 heterocycles. The van der Waals surface area contributed by atoms with Crippen LogP contribution in [0.15, 0.2) is 24.3 Å². The molecule has 1 aliphatic heterocycles. The Morgan fingerprint density at radius 1 is 1.14 bits per heavy atom. The lowest BCUT2D eigenvalue weighted by Gasteiger charge is -2.32. The van der Waals surface area contributed by atoms with Crippen molar-refractivity contribution in [3.8, 4) is 0 Å². The Kier molecular flexibility index (Phi) is 3.49. The largest absolute Gasteiger partial charge is 0.335 e. The van der Waals surface area contributed by atoms with Crippen molar-refractivity contribution in [3.05, 3.63) is 29.8 Å². The van der Waals surface area contributed by atoms with Gasteiger partial charge in [0.15, 0.2) is 0 Å². The lowest BCUT2D eigenvalue weighted by molar-refractivity contribution is -0.136. The molecule has 1 N–H and O–H groups in total. The fourth-order valence-corrected chi connectivity index (χ4v) is 3.31. The second-order valence-corrected chi connectivity index (χ2v) is 5.83. The number of hydrogen-bond donors (Lipinski definition) is 1. The molecule has 5 nitrogen and oxygen atoms in total. The summed E-state index contributed by atoms with van der Waals surface area (Å²) in [4.78, 5) is 37.9. The Morgan fingerprint density at radius 2 is 1.86 bits per heavy atom. The first-order chi connectivity index (χ1) is 10.1. The summed E-state index contributed by atoms with van der Waals surface area (Å²) in [6, 6.07) is 6.54. The zero-order valence-electron chi connectivity index (χ0n) is 12.0. The molecule has 21 heavy (non-hydrogen) atoms. The van der Waals surface area contributed by atoms with Gasteiger partial charge in [0.25, 0.3) is 0 Å². The maximum atomic E-state index is 12.7. The number of carbonyl (C=O) groups excluding carboxylic acids is 3. The standard InChI is InChI=1S/C16H18N2O3/c1-10-5-4-8-12(9-10)18-15(20)13(11-6-2-3-7-11)14(19)17-16(18)21/h4-5,8-9,11,13H,2-3,6-7H2,1H3,(H,17,19,21). The highest BCUT2D eigenvalue weighted by Gasteiger charge is 2.45. The van der Waals surface area contributed by atoms with Crippen LogP contribution in [0.4, 0.5) is 10.5 Å². The number of urea groups is 1. The first-order valence-corrected chi connectivity index (χ1v) is 7.33. The number of nitrogens with one attached hydrogen (secondary N) is 1. The molecule has 0 bridgehead atoms. The van der Waals surface area contributed by atoms with Gasteiger partial charge < -0.3 is 0 Å². The third-order valence-corrected chi connectivity index (χ3v) is 4.33. The number of hydrogen-bond acceptors (Lipinski definition) is 3. The predicted molar refractivity (Wildman–Crippen MR) is 77.7 cm³/mol. The van der Waals surface area contributed by atoms with Gasteiger partial charge in [-0.1, -0.05) is 25.0 Å². The van der Waals surface area contributed by atoms with Crippen LogP contribution >= 0.6 is 0 Å². The molecule has 1 saturated heterocycles. The molecule has 1 atom stereocenters. The van der Waals surface area contributed by atoms with Gasteiger partial charge in [-0.25, -0.2) is 9.69 Å². The number of rotatable bonds is 2. The van der Waals surface area contributed by atoms with E-state index < -0.39 is 17.9 Å². The number of barbiturate groups is 1. The maximum Gasteiger partial charge on any atom is 0.335 e. The lowest BCUT2D eigenvalue weighted by Crippen LogP contribution is -2.59. The summed E-state index contributed by atoms with van der Waals surface area (Å²) in [6.07, 6.45) is 3.83. The van der Waals surface area contributed by atoms with Gasteiger partial charge in [-0.2, -0.15) is 0 Å². The number of benzene rings is 1. The summed E-state index contributed by atoms with van der Waals surface area (Å²) in [6.45, 7) is 1.90. The molecule has 5 heteroatoms. The number of amides is 4. The smallest absolute Gasteiger partial charge is 0.277 e. The zero-order valence-corrected chi connectivity index (χ0v) is 12.0. The Hall–Kier alpha value is -2.17. The Morgan fingerprint density at radius 3 is 2.52 bits per heavy atom. The number of nitrogens with zero attached hydrogens (tertiary/aromatic N) is 1. The molecular weight excluding hydrogens is 268 g/mol. The zero-order chi connectivity index (χ0) is 15.0. The molecule has 0 radical (unpaired) electrons. The molecule has 1 aromatic rings. The van der Waals surface area contributed by atoms with Crippen molar-refractivity contribution in [2.24, 2.45) is 11.8 Å². The molecule has 4 amide bonds. The molecule has 1 saturated carbocycles. The highest BCUT2D eigenvalue weighted by Crippen LogP contribution is 2.35. The van der Waals surface area contributed by atoms with Gasteiger partial charge in [-0.15, -0.1) is 0 Å². The van der Waals surface area contributed by atoms with Gasteiger partial charge in [-0.3, -0.25) is 14.9 Å². The minimum Gasteiger partial charge on any atom is -0.277 e. The van der Waals surface area contributed by atoms with E-state index in [2.05, 4.69) is 5.32 Å². The van der Waals surface area contributed by atoms with Crippen molar-refractivity contribution < 1.29 is 14.4 Å². The third-order valence-electron chi connectivity index (χ3n) is 4.33. The van der Waals surface area contributed by atoms with Crippen molar-refractivity contribution >= 4 is 23.5 Å². The number of anilines is 1. The summed E-state index contributed by atoms with van der Waals surface area (Å²) in [7, 11) is 0. The van der Waals surface area contributed by atoms with Crippen molar-refractivity contribution in [2.75, 3.05) is 4.90 Å². The first-order valence-electron chi connectivity index (χ1n) is 7.33. The van der Waals surface area contributed by atoms with E-state index >= 15 is 0 Å². The highest BCUT2D eigenvalue weighted by molar-refractivity contribution is 6.27. The average molecular weight is 286 g/mol. The summed E-state index contributed by atoms with van der Waals surface area (Å²) >= 11 is 0. The fraction of sp³-hybridized carbons (Fsp3) is 0.438. The van der Waals surface area contributed by atoms with E-state index in [1.165, 1.54) is 0 Å². The van der Waals surface area contributed by atoms with Crippen molar-refractivity contribution in [1.82, 2.24) is 5.32 Å². The van der Waals surface area contributed by atoms with Crippen LogP contribution in [0.5, 0.6) is 0 Å². The van der Waals surface area contributed by atoms with Crippen LogP contribution < -0.4 is 10.2 Å². The minimum absolute atomic E-state index is 0.0536. The molecule has 2 fully saturated rings. The Labute approximate surface area is 123 Å².